The number of nitrogens with zero attached hydrogens (tertiary/aromatic N) is 2. The van der Waals surface area contributed by atoms with Gasteiger partial charge in [-0.2, -0.15) is 18.4 Å². The van der Waals surface area contributed by atoms with Crippen molar-refractivity contribution in [1.29, 1.82) is 5.26 Å². The summed E-state index contributed by atoms with van der Waals surface area (Å²) in [5.41, 5.74) is -2.08. The molecule has 1 heterocycles. The van der Waals surface area contributed by atoms with Gasteiger partial charge in [-0.15, -0.1) is 0 Å². The van der Waals surface area contributed by atoms with Gasteiger partial charge >= 0.3 is 6.18 Å². The second-order valence-corrected chi connectivity index (χ2v) is 6.51. The molecule has 0 radical (unpaired) electrons. The number of halogens is 5. The molecule has 7 nitrogen and oxygen atoms in total. The summed E-state index contributed by atoms with van der Waals surface area (Å²) in [5.74, 6) is -6.64. The zero-order valence-corrected chi connectivity index (χ0v) is 16.3. The van der Waals surface area contributed by atoms with Crippen molar-refractivity contribution in [3.8, 4) is 6.07 Å². The monoisotopic (exact) mass is 442 g/mol. The third-order valence-corrected chi connectivity index (χ3v) is 4.46. The largest absolute Gasteiger partial charge is 0.408 e. The molecule has 2 amide bonds. The molecule has 0 saturated heterocycles. The molecule has 1 aromatic heterocycles. The van der Waals surface area contributed by atoms with E-state index in [0.717, 1.165) is 29.8 Å². The topological polar surface area (TPSA) is 104 Å². The fraction of sp³-hybridized carbons (Fsp3) is 0.263. The predicted molar refractivity (Wildman–Crippen MR) is 97.2 cm³/mol. The van der Waals surface area contributed by atoms with Crippen molar-refractivity contribution in [2.75, 3.05) is 5.32 Å². The smallest absolute Gasteiger partial charge is 0.342 e. The Morgan fingerprint density at radius 3 is 2.35 bits per heavy atom. The Labute approximate surface area is 172 Å². The van der Waals surface area contributed by atoms with Gasteiger partial charge in [0.25, 0.3) is 17.6 Å². The Balaban J connectivity index is 2.35. The first kappa shape index (κ1) is 23.5. The molecule has 2 N–H and O–H groups in total. The highest BCUT2D eigenvalue weighted by atomic mass is 19.4. The van der Waals surface area contributed by atoms with Gasteiger partial charge in [0.1, 0.15) is 23.6 Å². The molecular weight excluding hydrogens is 427 g/mol. The number of carbonyl (C=O) groups is 3. The van der Waals surface area contributed by atoms with E-state index in [0.29, 0.717) is 6.92 Å². The van der Waals surface area contributed by atoms with Crippen LogP contribution in [0.3, 0.4) is 0 Å². The van der Waals surface area contributed by atoms with E-state index in [9.17, 15) is 36.3 Å². The fourth-order valence-electron chi connectivity index (χ4n) is 2.61. The molecule has 31 heavy (non-hydrogen) atoms. The first-order valence-corrected chi connectivity index (χ1v) is 8.57. The molecule has 0 aliphatic heterocycles. The molecule has 12 heteroatoms. The number of benzene rings is 1. The normalized spacial score (nSPS) is 12.1. The summed E-state index contributed by atoms with van der Waals surface area (Å²) in [6, 6.07) is 2.23. The van der Waals surface area contributed by atoms with E-state index in [4.69, 9.17) is 5.26 Å². The van der Waals surface area contributed by atoms with Gasteiger partial charge in [0, 0.05) is 18.4 Å². The number of hydrogen-bond donors (Lipinski definition) is 2. The maximum absolute atomic E-state index is 14.9. The van der Waals surface area contributed by atoms with Crippen LogP contribution in [0, 0.1) is 29.9 Å². The number of aromatic nitrogens is 1. The van der Waals surface area contributed by atoms with Crippen molar-refractivity contribution < 1.29 is 36.3 Å². The molecule has 2 rings (SSSR count). The van der Waals surface area contributed by atoms with Crippen LogP contribution in [0.2, 0.25) is 0 Å². The molecule has 0 bridgehead atoms. The highest BCUT2D eigenvalue weighted by Crippen LogP contribution is 2.24. The van der Waals surface area contributed by atoms with Crippen LogP contribution in [-0.4, -0.2) is 34.4 Å². The maximum atomic E-state index is 14.9. The Hall–Kier alpha value is -3.75. The SMILES string of the molecule is Cc1c(C(=O)Nc2ccc(F)c(C#N)c2)c(F)c(C(=O)C(=O)NC(C)C(F)(F)F)n1C. The summed E-state index contributed by atoms with van der Waals surface area (Å²) in [6.07, 6.45) is -4.82. The minimum absolute atomic E-state index is 0.0461. The molecule has 0 aliphatic carbocycles. The van der Waals surface area contributed by atoms with E-state index in [1.165, 1.54) is 12.2 Å². The lowest BCUT2D eigenvalue weighted by Gasteiger charge is -2.16. The standard InChI is InChI=1S/C19H15F5N4O3/c1-8-13(17(30)27-11-4-5-12(20)10(6-11)7-25)14(21)15(28(8)3)16(29)18(31)26-9(2)19(22,23)24/h4-6,9H,1-3H3,(H,26,31)(H,27,30). The Kier molecular flexibility index (Phi) is 6.49. The zero-order chi connectivity index (χ0) is 23.7. The predicted octanol–water partition coefficient (Wildman–Crippen LogP) is 2.99. The molecule has 0 aliphatic rings. The lowest BCUT2D eigenvalue weighted by atomic mass is 10.1. The van der Waals surface area contributed by atoms with Crippen LogP contribution in [0.25, 0.3) is 0 Å². The van der Waals surface area contributed by atoms with Crippen LogP contribution in [-0.2, 0) is 11.8 Å². The average molecular weight is 442 g/mol. The van der Waals surface area contributed by atoms with Gasteiger partial charge in [0.15, 0.2) is 5.82 Å². The number of carbonyl (C=O) groups excluding carboxylic acids is 3. The van der Waals surface area contributed by atoms with E-state index in [1.54, 1.807) is 6.07 Å². The third-order valence-electron chi connectivity index (χ3n) is 4.46. The van der Waals surface area contributed by atoms with E-state index >= 15 is 0 Å². The Bertz CT molecular complexity index is 1120. The summed E-state index contributed by atoms with van der Waals surface area (Å²) < 4.78 is 66.9. The second kappa shape index (κ2) is 8.55. The number of amides is 2. The molecule has 1 atom stereocenters. The van der Waals surface area contributed by atoms with Gasteiger partial charge in [-0.3, -0.25) is 14.4 Å². The highest BCUT2D eigenvalue weighted by Gasteiger charge is 2.39. The first-order chi connectivity index (χ1) is 14.3. The van der Waals surface area contributed by atoms with Crippen LogP contribution in [0.1, 0.15) is 39.0 Å². The maximum Gasteiger partial charge on any atom is 0.408 e. The van der Waals surface area contributed by atoms with Crippen LogP contribution in [0.4, 0.5) is 27.6 Å². The van der Waals surface area contributed by atoms with Crippen molar-refractivity contribution in [2.24, 2.45) is 7.05 Å². The number of nitrogens with one attached hydrogen (secondary N) is 2. The summed E-state index contributed by atoms with van der Waals surface area (Å²) in [7, 11) is 1.15. The molecule has 164 valence electrons. The van der Waals surface area contributed by atoms with Crippen molar-refractivity contribution in [3.05, 3.63) is 52.3 Å². The molecular formula is C19H15F5N4O3. The first-order valence-electron chi connectivity index (χ1n) is 8.57. The molecule has 1 aromatic carbocycles. The zero-order valence-electron chi connectivity index (χ0n) is 16.3. The van der Waals surface area contributed by atoms with E-state index in [-0.39, 0.29) is 16.9 Å². The van der Waals surface area contributed by atoms with E-state index in [1.807, 2.05) is 0 Å². The number of rotatable bonds is 5. The van der Waals surface area contributed by atoms with Gasteiger partial charge in [0.05, 0.1) is 11.1 Å². The number of anilines is 1. The summed E-state index contributed by atoms with van der Waals surface area (Å²) >= 11 is 0. The molecule has 2 aromatic rings. The summed E-state index contributed by atoms with van der Waals surface area (Å²) in [4.78, 5) is 36.7. The number of Topliss-reactive ketones (excluding diaryl/α,β-unsaturated/α-hetero) is 1. The van der Waals surface area contributed by atoms with Crippen LogP contribution < -0.4 is 10.6 Å². The van der Waals surface area contributed by atoms with Crippen molar-refractivity contribution >= 4 is 23.3 Å². The Morgan fingerprint density at radius 2 is 1.81 bits per heavy atom. The molecule has 0 saturated carbocycles. The molecule has 0 fully saturated rings. The third kappa shape index (κ3) is 4.71. The van der Waals surface area contributed by atoms with Crippen LogP contribution >= 0.6 is 0 Å². The lowest BCUT2D eigenvalue weighted by Crippen LogP contribution is -2.46. The van der Waals surface area contributed by atoms with Crippen LogP contribution in [0.15, 0.2) is 18.2 Å². The average Bonchev–Trinajstić information content (AvgIpc) is 2.90. The quantitative estimate of drug-likeness (QED) is 0.422. The molecule has 1 unspecified atom stereocenters. The van der Waals surface area contributed by atoms with Crippen molar-refractivity contribution in [1.82, 2.24) is 9.88 Å². The minimum Gasteiger partial charge on any atom is -0.342 e. The van der Waals surface area contributed by atoms with Gasteiger partial charge in [-0.05, 0) is 32.0 Å². The van der Waals surface area contributed by atoms with Gasteiger partial charge in [-0.1, -0.05) is 0 Å². The highest BCUT2D eigenvalue weighted by molar-refractivity contribution is 6.42. The van der Waals surface area contributed by atoms with E-state index in [2.05, 4.69) is 5.32 Å². The molecule has 0 spiro atoms. The van der Waals surface area contributed by atoms with Gasteiger partial charge in [0.2, 0.25) is 0 Å². The summed E-state index contributed by atoms with van der Waals surface area (Å²) in [5, 5.41) is 12.5. The fourth-order valence-corrected chi connectivity index (χ4v) is 2.61. The lowest BCUT2D eigenvalue weighted by molar-refractivity contribution is -0.156. The van der Waals surface area contributed by atoms with Crippen molar-refractivity contribution in [2.45, 2.75) is 26.1 Å². The number of ketones is 1. The van der Waals surface area contributed by atoms with Gasteiger partial charge in [-0.25, -0.2) is 8.78 Å². The number of nitriles is 1. The van der Waals surface area contributed by atoms with Gasteiger partial charge < -0.3 is 15.2 Å². The van der Waals surface area contributed by atoms with E-state index < -0.39 is 52.7 Å². The van der Waals surface area contributed by atoms with Crippen LogP contribution in [0.5, 0.6) is 0 Å². The summed E-state index contributed by atoms with van der Waals surface area (Å²) in [6.45, 7) is 1.85. The number of alkyl halides is 3. The van der Waals surface area contributed by atoms with Crippen molar-refractivity contribution in [3.63, 3.8) is 0 Å². The second-order valence-electron chi connectivity index (χ2n) is 6.51. The minimum atomic E-state index is -4.82. The number of hydrogen-bond acceptors (Lipinski definition) is 4. The Morgan fingerprint density at radius 1 is 1.19 bits per heavy atom.